The molecule has 1 atom stereocenters. The summed E-state index contributed by atoms with van der Waals surface area (Å²) in [7, 11) is 0. The van der Waals surface area contributed by atoms with Gasteiger partial charge in [-0.3, -0.25) is 4.79 Å². The first kappa shape index (κ1) is 15.9. The van der Waals surface area contributed by atoms with E-state index in [0.717, 1.165) is 30.0 Å². The van der Waals surface area contributed by atoms with Crippen molar-refractivity contribution in [2.75, 3.05) is 19.7 Å². The van der Waals surface area contributed by atoms with Crippen LogP contribution in [0.25, 0.3) is 0 Å². The average molecular weight is 331 g/mol. The Kier molecular flexibility index (Phi) is 5.18. The smallest absolute Gasteiger partial charge is 0.227 e. The Hall–Kier alpha value is -2.01. The van der Waals surface area contributed by atoms with Crippen molar-refractivity contribution in [3.05, 3.63) is 46.7 Å². The molecule has 1 aromatic heterocycles. The Morgan fingerprint density at radius 2 is 2.13 bits per heavy atom. The van der Waals surface area contributed by atoms with Crippen LogP contribution in [-0.4, -0.2) is 36.6 Å². The first-order valence-corrected chi connectivity index (χ1v) is 8.88. The highest BCUT2D eigenvalue weighted by molar-refractivity contribution is 7.07. The Balaban J connectivity index is 1.62. The number of para-hydroxylation sites is 2. The standard InChI is InChI=1S/C18H21NO3S/c1-2-8-19(18(20)10-14-7-9-23-13-14)11-15-12-21-16-5-3-4-6-17(16)22-15/h3-7,9,13,15H,2,8,10-12H2,1H3. The van der Waals surface area contributed by atoms with Crippen molar-refractivity contribution >= 4 is 17.2 Å². The Morgan fingerprint density at radius 3 is 2.87 bits per heavy atom. The molecule has 1 aliphatic rings. The van der Waals surface area contributed by atoms with Gasteiger partial charge < -0.3 is 14.4 Å². The number of fused-ring (bicyclic) bond motifs is 1. The second kappa shape index (κ2) is 7.51. The minimum absolute atomic E-state index is 0.122. The number of benzene rings is 1. The number of carbonyl (C=O) groups is 1. The maximum atomic E-state index is 12.6. The summed E-state index contributed by atoms with van der Waals surface area (Å²) in [6, 6.07) is 9.66. The molecule has 0 spiro atoms. The van der Waals surface area contributed by atoms with E-state index in [0.29, 0.717) is 19.6 Å². The summed E-state index contributed by atoms with van der Waals surface area (Å²) >= 11 is 1.62. The fourth-order valence-corrected chi connectivity index (χ4v) is 3.33. The summed E-state index contributed by atoms with van der Waals surface area (Å²) in [5.41, 5.74) is 1.08. The van der Waals surface area contributed by atoms with Gasteiger partial charge >= 0.3 is 0 Å². The van der Waals surface area contributed by atoms with Gasteiger partial charge in [0.15, 0.2) is 17.6 Å². The number of carbonyl (C=O) groups excluding carboxylic acids is 1. The van der Waals surface area contributed by atoms with E-state index in [4.69, 9.17) is 9.47 Å². The number of rotatable bonds is 6. The maximum Gasteiger partial charge on any atom is 0.227 e. The minimum Gasteiger partial charge on any atom is -0.486 e. The predicted molar refractivity (Wildman–Crippen MR) is 91.2 cm³/mol. The summed E-state index contributed by atoms with van der Waals surface area (Å²) < 4.78 is 11.7. The van der Waals surface area contributed by atoms with E-state index in [1.54, 1.807) is 11.3 Å². The monoisotopic (exact) mass is 331 g/mol. The average Bonchev–Trinajstić information content (AvgIpc) is 3.07. The molecule has 4 nitrogen and oxygen atoms in total. The van der Waals surface area contributed by atoms with E-state index in [1.165, 1.54) is 0 Å². The van der Waals surface area contributed by atoms with Crippen molar-refractivity contribution < 1.29 is 14.3 Å². The molecule has 3 rings (SSSR count). The topological polar surface area (TPSA) is 38.8 Å². The SMILES string of the molecule is CCCN(CC1COc2ccccc2O1)C(=O)Cc1ccsc1. The van der Waals surface area contributed by atoms with Gasteiger partial charge in [-0.1, -0.05) is 19.1 Å². The van der Waals surface area contributed by atoms with Crippen LogP contribution in [0.3, 0.4) is 0 Å². The molecule has 0 aliphatic carbocycles. The molecule has 1 unspecified atom stereocenters. The molecule has 0 bridgehead atoms. The van der Waals surface area contributed by atoms with Gasteiger partial charge in [-0.25, -0.2) is 0 Å². The Labute approximate surface area is 140 Å². The van der Waals surface area contributed by atoms with E-state index >= 15 is 0 Å². The molecule has 0 N–H and O–H groups in total. The molecular weight excluding hydrogens is 310 g/mol. The fourth-order valence-electron chi connectivity index (χ4n) is 2.67. The van der Waals surface area contributed by atoms with Crippen molar-refractivity contribution in [3.8, 4) is 11.5 Å². The van der Waals surface area contributed by atoms with Crippen LogP contribution in [0.4, 0.5) is 0 Å². The minimum atomic E-state index is -0.122. The van der Waals surface area contributed by atoms with Gasteiger partial charge in [0.25, 0.3) is 0 Å². The molecule has 5 heteroatoms. The second-order valence-corrected chi connectivity index (χ2v) is 6.43. The molecule has 0 saturated carbocycles. The van der Waals surface area contributed by atoms with Crippen LogP contribution < -0.4 is 9.47 Å². The van der Waals surface area contributed by atoms with E-state index in [-0.39, 0.29) is 12.0 Å². The molecule has 23 heavy (non-hydrogen) atoms. The van der Waals surface area contributed by atoms with Crippen LogP contribution in [0, 0.1) is 0 Å². The molecule has 0 fully saturated rings. The number of nitrogens with zero attached hydrogens (tertiary/aromatic N) is 1. The zero-order valence-electron chi connectivity index (χ0n) is 13.2. The van der Waals surface area contributed by atoms with E-state index in [2.05, 4.69) is 6.92 Å². The fraction of sp³-hybridized carbons (Fsp3) is 0.389. The van der Waals surface area contributed by atoms with Crippen LogP contribution in [0.1, 0.15) is 18.9 Å². The lowest BCUT2D eigenvalue weighted by Crippen LogP contribution is -2.44. The summed E-state index contributed by atoms with van der Waals surface area (Å²) in [5, 5.41) is 4.03. The first-order valence-electron chi connectivity index (χ1n) is 7.93. The summed E-state index contributed by atoms with van der Waals surface area (Å²) in [6.45, 7) is 3.86. The van der Waals surface area contributed by atoms with E-state index in [1.807, 2.05) is 46.0 Å². The molecule has 1 aliphatic heterocycles. The molecule has 0 saturated heterocycles. The van der Waals surface area contributed by atoms with Gasteiger partial charge in [-0.2, -0.15) is 11.3 Å². The highest BCUT2D eigenvalue weighted by Crippen LogP contribution is 2.31. The Morgan fingerprint density at radius 1 is 1.30 bits per heavy atom. The lowest BCUT2D eigenvalue weighted by molar-refractivity contribution is -0.132. The van der Waals surface area contributed by atoms with Crippen LogP contribution in [-0.2, 0) is 11.2 Å². The van der Waals surface area contributed by atoms with Gasteiger partial charge in [0.2, 0.25) is 5.91 Å². The van der Waals surface area contributed by atoms with Crippen LogP contribution in [0.2, 0.25) is 0 Å². The first-order chi connectivity index (χ1) is 11.3. The normalized spacial score (nSPS) is 16.1. The lowest BCUT2D eigenvalue weighted by Gasteiger charge is -2.31. The third-order valence-electron chi connectivity index (χ3n) is 3.77. The molecule has 1 aromatic carbocycles. The summed E-state index contributed by atoms with van der Waals surface area (Å²) in [6.07, 6.45) is 1.26. The van der Waals surface area contributed by atoms with Crippen molar-refractivity contribution in [2.45, 2.75) is 25.9 Å². The maximum absolute atomic E-state index is 12.6. The zero-order chi connectivity index (χ0) is 16.1. The summed E-state index contributed by atoms with van der Waals surface area (Å²) in [5.74, 6) is 1.67. The van der Waals surface area contributed by atoms with E-state index < -0.39 is 0 Å². The van der Waals surface area contributed by atoms with Crippen LogP contribution in [0.5, 0.6) is 11.5 Å². The third kappa shape index (κ3) is 4.05. The number of ether oxygens (including phenoxy) is 2. The van der Waals surface area contributed by atoms with Crippen molar-refractivity contribution in [2.24, 2.45) is 0 Å². The van der Waals surface area contributed by atoms with Gasteiger partial charge in [-0.05, 0) is 40.9 Å². The van der Waals surface area contributed by atoms with Gasteiger partial charge in [0.05, 0.1) is 13.0 Å². The molecule has 122 valence electrons. The molecule has 2 heterocycles. The van der Waals surface area contributed by atoms with Crippen LogP contribution >= 0.6 is 11.3 Å². The number of thiophene rings is 1. The quantitative estimate of drug-likeness (QED) is 0.815. The summed E-state index contributed by atoms with van der Waals surface area (Å²) in [4.78, 5) is 14.4. The third-order valence-corrected chi connectivity index (χ3v) is 4.51. The van der Waals surface area contributed by atoms with Crippen molar-refractivity contribution in [3.63, 3.8) is 0 Å². The van der Waals surface area contributed by atoms with Gasteiger partial charge in [0.1, 0.15) is 6.61 Å². The van der Waals surface area contributed by atoms with Crippen LogP contribution in [0.15, 0.2) is 41.1 Å². The largest absolute Gasteiger partial charge is 0.486 e. The second-order valence-electron chi connectivity index (χ2n) is 5.65. The van der Waals surface area contributed by atoms with Crippen molar-refractivity contribution in [1.29, 1.82) is 0 Å². The molecule has 0 radical (unpaired) electrons. The van der Waals surface area contributed by atoms with E-state index in [9.17, 15) is 4.79 Å². The highest BCUT2D eigenvalue weighted by Gasteiger charge is 2.25. The van der Waals surface area contributed by atoms with Crippen molar-refractivity contribution in [1.82, 2.24) is 4.90 Å². The lowest BCUT2D eigenvalue weighted by atomic mass is 10.2. The number of hydrogen-bond donors (Lipinski definition) is 0. The Bertz CT molecular complexity index is 641. The number of hydrogen-bond acceptors (Lipinski definition) is 4. The van der Waals surface area contributed by atoms with Gasteiger partial charge in [-0.15, -0.1) is 0 Å². The zero-order valence-corrected chi connectivity index (χ0v) is 14.1. The molecule has 2 aromatic rings. The predicted octanol–water partition coefficient (Wildman–Crippen LogP) is 3.37. The molecular formula is C18H21NO3S. The molecule has 1 amide bonds. The number of amides is 1. The van der Waals surface area contributed by atoms with Gasteiger partial charge in [0, 0.05) is 6.54 Å². The highest BCUT2D eigenvalue weighted by atomic mass is 32.1.